The van der Waals surface area contributed by atoms with E-state index >= 15 is 0 Å². The van der Waals surface area contributed by atoms with Crippen molar-refractivity contribution in [2.24, 2.45) is 0 Å². The van der Waals surface area contributed by atoms with Crippen molar-refractivity contribution < 1.29 is 9.18 Å². The number of hydrogen-bond donors (Lipinski definition) is 1. The fourth-order valence-electron chi connectivity index (χ4n) is 2.94. The van der Waals surface area contributed by atoms with E-state index in [1.165, 1.54) is 29.0 Å². The summed E-state index contributed by atoms with van der Waals surface area (Å²) in [5, 5.41) is 3.46. The Bertz CT molecular complexity index is 954. The molecule has 5 heteroatoms. The largest absolute Gasteiger partial charge is 0.302 e. The van der Waals surface area contributed by atoms with Crippen LogP contribution >= 0.6 is 11.3 Å². The van der Waals surface area contributed by atoms with Gasteiger partial charge in [0.15, 0.2) is 5.13 Å². The van der Waals surface area contributed by atoms with Gasteiger partial charge in [-0.15, -0.1) is 11.3 Å². The van der Waals surface area contributed by atoms with Gasteiger partial charge in [-0.1, -0.05) is 45.0 Å². The lowest BCUT2D eigenvalue weighted by atomic mass is 9.86. The van der Waals surface area contributed by atoms with Gasteiger partial charge in [0.1, 0.15) is 5.82 Å². The lowest BCUT2D eigenvalue weighted by Crippen LogP contribution is -2.13. The van der Waals surface area contributed by atoms with Gasteiger partial charge in [-0.05, 0) is 54.2 Å². The summed E-state index contributed by atoms with van der Waals surface area (Å²) < 4.78 is 13.1. The molecule has 3 rings (SSSR count). The van der Waals surface area contributed by atoms with Crippen LogP contribution in [0.5, 0.6) is 0 Å². The number of nitrogens with one attached hydrogen (secondary N) is 1. The van der Waals surface area contributed by atoms with Crippen molar-refractivity contribution >= 4 is 22.4 Å². The van der Waals surface area contributed by atoms with Gasteiger partial charge in [-0.25, -0.2) is 9.37 Å². The molecular formula is C23H25FN2OS. The monoisotopic (exact) mass is 396 g/mol. The molecule has 3 aromatic rings. The average Bonchev–Trinajstić information content (AvgIpc) is 3.00. The van der Waals surface area contributed by atoms with Crippen molar-refractivity contribution in [3.05, 3.63) is 70.4 Å². The number of rotatable bonds is 5. The average molecular weight is 397 g/mol. The Kier molecular flexibility index (Phi) is 5.94. The van der Waals surface area contributed by atoms with E-state index in [-0.39, 0.29) is 17.1 Å². The summed E-state index contributed by atoms with van der Waals surface area (Å²) in [7, 11) is 0. The molecule has 0 aliphatic rings. The first-order valence-electron chi connectivity index (χ1n) is 9.35. The number of aryl methyl sites for hydroxylation is 2. The molecule has 0 atom stereocenters. The van der Waals surface area contributed by atoms with E-state index in [0.29, 0.717) is 18.0 Å². The van der Waals surface area contributed by atoms with Crippen LogP contribution in [0.4, 0.5) is 9.52 Å². The van der Waals surface area contributed by atoms with Crippen molar-refractivity contribution in [3.63, 3.8) is 0 Å². The van der Waals surface area contributed by atoms with Crippen molar-refractivity contribution in [1.82, 2.24) is 4.98 Å². The molecule has 2 aromatic carbocycles. The van der Waals surface area contributed by atoms with Gasteiger partial charge < -0.3 is 5.32 Å². The third-order valence-electron chi connectivity index (χ3n) is 4.62. The molecule has 0 bridgehead atoms. The third kappa shape index (κ3) is 5.04. The zero-order chi connectivity index (χ0) is 20.3. The van der Waals surface area contributed by atoms with Crippen molar-refractivity contribution in [2.45, 2.75) is 46.0 Å². The predicted molar refractivity (Wildman–Crippen MR) is 114 cm³/mol. The molecule has 28 heavy (non-hydrogen) atoms. The number of anilines is 1. The van der Waals surface area contributed by atoms with Crippen molar-refractivity contribution in [3.8, 4) is 11.3 Å². The topological polar surface area (TPSA) is 42.0 Å². The molecular weight excluding hydrogens is 371 g/mol. The number of halogens is 1. The number of thiazole rings is 1. The maximum atomic E-state index is 13.1. The van der Waals surface area contributed by atoms with Gasteiger partial charge in [0.2, 0.25) is 5.91 Å². The number of carbonyl (C=O) groups is 1. The van der Waals surface area contributed by atoms with Gasteiger partial charge in [0, 0.05) is 16.9 Å². The molecule has 146 valence electrons. The first kappa shape index (κ1) is 20.2. The highest BCUT2D eigenvalue weighted by Crippen LogP contribution is 2.30. The van der Waals surface area contributed by atoms with E-state index in [0.717, 1.165) is 21.7 Å². The molecule has 0 fully saturated rings. The smallest absolute Gasteiger partial charge is 0.226 e. The Hall–Kier alpha value is -2.53. The maximum Gasteiger partial charge on any atom is 0.226 e. The third-order valence-corrected chi connectivity index (χ3v) is 5.51. The number of benzene rings is 2. The Labute approximate surface area is 169 Å². The zero-order valence-electron chi connectivity index (χ0n) is 16.7. The van der Waals surface area contributed by atoms with Crippen LogP contribution in [-0.2, 0) is 16.6 Å². The van der Waals surface area contributed by atoms with E-state index < -0.39 is 0 Å². The van der Waals surface area contributed by atoms with Crippen LogP contribution < -0.4 is 5.32 Å². The SMILES string of the molecule is Cc1sc(NC(=O)CCc2ccc(C(C)(C)C)cc2)nc1-c1ccc(F)cc1. The second-order valence-corrected chi connectivity index (χ2v) is 9.13. The molecule has 0 unspecified atom stereocenters. The number of carbonyl (C=O) groups excluding carboxylic acids is 1. The van der Waals surface area contributed by atoms with Crippen LogP contribution in [0.25, 0.3) is 11.3 Å². The minimum Gasteiger partial charge on any atom is -0.302 e. The minimum absolute atomic E-state index is 0.0562. The Balaban J connectivity index is 1.59. The minimum atomic E-state index is -0.277. The molecule has 0 aliphatic heterocycles. The summed E-state index contributed by atoms with van der Waals surface area (Å²) in [5.41, 5.74) is 4.17. The molecule has 1 heterocycles. The summed E-state index contributed by atoms with van der Waals surface area (Å²) in [6, 6.07) is 14.7. The van der Waals surface area contributed by atoms with Crippen LogP contribution in [0, 0.1) is 12.7 Å². The molecule has 1 N–H and O–H groups in total. The normalized spacial score (nSPS) is 11.5. The molecule has 1 aromatic heterocycles. The van der Waals surface area contributed by atoms with Crippen LogP contribution in [0.2, 0.25) is 0 Å². The molecule has 0 saturated carbocycles. The molecule has 0 spiro atoms. The van der Waals surface area contributed by atoms with Crippen LogP contribution in [0.15, 0.2) is 48.5 Å². The van der Waals surface area contributed by atoms with E-state index in [2.05, 4.69) is 55.3 Å². The van der Waals surface area contributed by atoms with E-state index in [4.69, 9.17) is 0 Å². The van der Waals surface area contributed by atoms with E-state index in [9.17, 15) is 9.18 Å². The highest BCUT2D eigenvalue weighted by Gasteiger charge is 2.14. The van der Waals surface area contributed by atoms with Crippen molar-refractivity contribution in [2.75, 3.05) is 5.32 Å². The number of amides is 1. The van der Waals surface area contributed by atoms with Gasteiger partial charge in [-0.2, -0.15) is 0 Å². The summed E-state index contributed by atoms with van der Waals surface area (Å²) in [6.45, 7) is 8.51. The molecule has 3 nitrogen and oxygen atoms in total. The predicted octanol–water partition coefficient (Wildman–Crippen LogP) is 6.13. The molecule has 0 radical (unpaired) electrons. The first-order valence-corrected chi connectivity index (χ1v) is 10.2. The quantitative estimate of drug-likeness (QED) is 0.564. The number of hydrogen-bond acceptors (Lipinski definition) is 3. The fourth-order valence-corrected chi connectivity index (χ4v) is 3.79. The maximum absolute atomic E-state index is 13.1. The summed E-state index contributed by atoms with van der Waals surface area (Å²) in [6.07, 6.45) is 1.09. The summed E-state index contributed by atoms with van der Waals surface area (Å²) in [5.74, 6) is -0.333. The first-order chi connectivity index (χ1) is 13.2. The van der Waals surface area contributed by atoms with Crippen LogP contribution in [0.3, 0.4) is 0 Å². The van der Waals surface area contributed by atoms with Crippen LogP contribution in [-0.4, -0.2) is 10.9 Å². The standard InChI is InChI=1S/C23H25FN2OS/c1-15-21(17-8-12-19(24)13-9-17)26-22(28-15)25-20(27)14-7-16-5-10-18(11-6-16)23(2,3)4/h5-6,8-13H,7,14H2,1-4H3,(H,25,26,27). The zero-order valence-corrected chi connectivity index (χ0v) is 17.5. The Morgan fingerprint density at radius 3 is 2.32 bits per heavy atom. The lowest BCUT2D eigenvalue weighted by Gasteiger charge is -2.19. The van der Waals surface area contributed by atoms with Gasteiger partial charge in [-0.3, -0.25) is 4.79 Å². The second-order valence-electron chi connectivity index (χ2n) is 7.93. The van der Waals surface area contributed by atoms with Gasteiger partial charge in [0.25, 0.3) is 0 Å². The molecule has 0 aliphatic carbocycles. The summed E-state index contributed by atoms with van der Waals surface area (Å²) in [4.78, 5) is 17.8. The van der Waals surface area contributed by atoms with E-state index in [1.54, 1.807) is 12.1 Å². The highest BCUT2D eigenvalue weighted by atomic mass is 32.1. The van der Waals surface area contributed by atoms with Gasteiger partial charge in [0.05, 0.1) is 5.69 Å². The highest BCUT2D eigenvalue weighted by molar-refractivity contribution is 7.16. The molecule has 1 amide bonds. The van der Waals surface area contributed by atoms with Crippen molar-refractivity contribution in [1.29, 1.82) is 0 Å². The van der Waals surface area contributed by atoms with Gasteiger partial charge >= 0.3 is 0 Å². The van der Waals surface area contributed by atoms with Crippen LogP contribution in [0.1, 0.15) is 43.2 Å². The summed E-state index contributed by atoms with van der Waals surface area (Å²) >= 11 is 1.43. The second kappa shape index (κ2) is 8.23. The molecule has 0 saturated heterocycles. The number of nitrogens with zero attached hydrogens (tertiary/aromatic N) is 1. The Morgan fingerprint density at radius 2 is 1.71 bits per heavy atom. The van der Waals surface area contributed by atoms with E-state index in [1.807, 2.05) is 6.92 Å². The number of aromatic nitrogens is 1. The Morgan fingerprint density at radius 1 is 1.07 bits per heavy atom. The lowest BCUT2D eigenvalue weighted by molar-refractivity contribution is -0.116. The fraction of sp³-hybridized carbons (Fsp3) is 0.304.